The monoisotopic (exact) mass is 344 g/mol. The molecule has 8 heteroatoms. The molecular formula is C17H24N6O2. The van der Waals surface area contributed by atoms with E-state index in [0.29, 0.717) is 19.5 Å². The van der Waals surface area contributed by atoms with E-state index in [-0.39, 0.29) is 19.0 Å². The minimum atomic E-state index is -0.947. The largest absolute Gasteiger partial charge is 0.386 e. The maximum Gasteiger partial charge on any atom is 0.244 e. The second kappa shape index (κ2) is 6.79. The van der Waals surface area contributed by atoms with E-state index in [2.05, 4.69) is 15.1 Å². The number of anilines is 1. The molecule has 0 radical (unpaired) electrons. The third-order valence-corrected chi connectivity index (χ3v) is 4.55. The minimum absolute atomic E-state index is 0.0717. The lowest BCUT2D eigenvalue weighted by Gasteiger charge is -2.29. The van der Waals surface area contributed by atoms with Gasteiger partial charge in [0.1, 0.15) is 18.0 Å². The van der Waals surface area contributed by atoms with Gasteiger partial charge in [0, 0.05) is 38.2 Å². The molecular weight excluding hydrogens is 320 g/mol. The second-order valence-electron chi connectivity index (χ2n) is 6.79. The van der Waals surface area contributed by atoms with Gasteiger partial charge in [0.25, 0.3) is 0 Å². The molecule has 134 valence electrons. The van der Waals surface area contributed by atoms with E-state index in [1.54, 1.807) is 35.2 Å². The van der Waals surface area contributed by atoms with Crippen LogP contribution in [0.2, 0.25) is 0 Å². The molecule has 0 unspecified atom stereocenters. The Bertz CT molecular complexity index is 747. The van der Waals surface area contributed by atoms with E-state index in [1.165, 1.54) is 0 Å². The number of β-amino-alcohol motifs (C(OH)–C–C–N with tert-alkyl or cyclic N) is 1. The summed E-state index contributed by atoms with van der Waals surface area (Å²) in [5.41, 5.74) is 0.895. The van der Waals surface area contributed by atoms with Crippen LogP contribution < -0.4 is 4.90 Å². The van der Waals surface area contributed by atoms with Crippen molar-refractivity contribution in [1.29, 1.82) is 0 Å². The summed E-state index contributed by atoms with van der Waals surface area (Å²) in [5.74, 6) is 0.674. The van der Waals surface area contributed by atoms with Crippen LogP contribution in [0.5, 0.6) is 0 Å². The van der Waals surface area contributed by atoms with Gasteiger partial charge in [0.05, 0.1) is 18.4 Å². The van der Waals surface area contributed by atoms with Crippen molar-refractivity contribution in [3.8, 4) is 0 Å². The SMILES string of the molecule is Cc1cc(C)n(CC(=O)N(C)C[C@@]2(O)CCN(c3cnccn3)C2)n1. The van der Waals surface area contributed by atoms with Gasteiger partial charge in [0.15, 0.2) is 0 Å². The van der Waals surface area contributed by atoms with Crippen LogP contribution in [0.1, 0.15) is 17.8 Å². The van der Waals surface area contributed by atoms with Crippen LogP contribution in [0.4, 0.5) is 5.82 Å². The number of amides is 1. The minimum Gasteiger partial charge on any atom is -0.386 e. The molecule has 0 bridgehead atoms. The summed E-state index contributed by atoms with van der Waals surface area (Å²) >= 11 is 0. The summed E-state index contributed by atoms with van der Waals surface area (Å²) in [5, 5.41) is 15.2. The van der Waals surface area contributed by atoms with Gasteiger partial charge in [-0.15, -0.1) is 0 Å². The number of nitrogens with zero attached hydrogens (tertiary/aromatic N) is 6. The molecule has 1 N–H and O–H groups in total. The first-order valence-corrected chi connectivity index (χ1v) is 8.35. The van der Waals surface area contributed by atoms with Crippen molar-refractivity contribution < 1.29 is 9.90 Å². The van der Waals surface area contributed by atoms with E-state index in [0.717, 1.165) is 17.2 Å². The quantitative estimate of drug-likeness (QED) is 0.844. The molecule has 25 heavy (non-hydrogen) atoms. The third-order valence-electron chi connectivity index (χ3n) is 4.55. The van der Waals surface area contributed by atoms with Crippen molar-refractivity contribution >= 4 is 11.7 Å². The summed E-state index contributed by atoms with van der Waals surface area (Å²) in [6.45, 7) is 5.41. The summed E-state index contributed by atoms with van der Waals surface area (Å²) in [6.07, 6.45) is 5.53. The van der Waals surface area contributed by atoms with Crippen LogP contribution in [-0.2, 0) is 11.3 Å². The summed E-state index contributed by atoms with van der Waals surface area (Å²) in [6, 6.07) is 1.94. The molecule has 8 nitrogen and oxygen atoms in total. The molecule has 0 spiro atoms. The highest BCUT2D eigenvalue weighted by atomic mass is 16.3. The average Bonchev–Trinajstić information content (AvgIpc) is 3.10. The van der Waals surface area contributed by atoms with Gasteiger partial charge < -0.3 is 14.9 Å². The van der Waals surface area contributed by atoms with Crippen LogP contribution in [0.3, 0.4) is 0 Å². The van der Waals surface area contributed by atoms with Gasteiger partial charge in [-0.05, 0) is 26.3 Å². The predicted octanol–water partition coefficient (Wildman–Crippen LogP) is 0.390. The molecule has 0 aromatic carbocycles. The maximum atomic E-state index is 12.5. The Morgan fingerprint density at radius 1 is 1.40 bits per heavy atom. The van der Waals surface area contributed by atoms with Crippen molar-refractivity contribution in [1.82, 2.24) is 24.6 Å². The standard InChI is InChI=1S/C17H24N6O2/c1-13-8-14(2)23(20-13)10-16(24)21(3)11-17(25)4-7-22(12-17)15-9-18-5-6-19-15/h5-6,8-9,25H,4,7,10-12H2,1-3H3/t17-/m0/s1. The number of rotatable bonds is 5. The lowest BCUT2D eigenvalue weighted by molar-refractivity contribution is -0.133. The number of carbonyl (C=O) groups is 1. The van der Waals surface area contributed by atoms with Crippen molar-refractivity contribution in [3.05, 3.63) is 36.0 Å². The Balaban J connectivity index is 1.59. The first-order valence-electron chi connectivity index (χ1n) is 8.35. The van der Waals surface area contributed by atoms with Crippen molar-refractivity contribution in [2.24, 2.45) is 0 Å². The maximum absolute atomic E-state index is 12.5. The zero-order valence-electron chi connectivity index (χ0n) is 14.9. The number of carbonyl (C=O) groups excluding carboxylic acids is 1. The Morgan fingerprint density at radius 3 is 2.84 bits per heavy atom. The zero-order chi connectivity index (χ0) is 18.0. The molecule has 2 aromatic heterocycles. The molecule has 2 aromatic rings. The van der Waals surface area contributed by atoms with E-state index < -0.39 is 5.60 Å². The average molecular weight is 344 g/mol. The van der Waals surface area contributed by atoms with Crippen LogP contribution in [0, 0.1) is 13.8 Å². The number of hydrogen-bond acceptors (Lipinski definition) is 6. The molecule has 1 aliphatic heterocycles. The number of aromatic nitrogens is 4. The third kappa shape index (κ3) is 3.96. The Hall–Kier alpha value is -2.48. The molecule has 1 saturated heterocycles. The van der Waals surface area contributed by atoms with Crippen molar-refractivity contribution in [3.63, 3.8) is 0 Å². The Kier molecular flexibility index (Phi) is 4.71. The Labute approximate surface area is 147 Å². The fraction of sp³-hybridized carbons (Fsp3) is 0.529. The second-order valence-corrected chi connectivity index (χ2v) is 6.79. The molecule has 0 aliphatic carbocycles. The van der Waals surface area contributed by atoms with Gasteiger partial charge in [-0.2, -0.15) is 5.10 Å². The molecule has 1 fully saturated rings. The van der Waals surface area contributed by atoms with Gasteiger partial charge in [-0.1, -0.05) is 0 Å². The number of aliphatic hydroxyl groups is 1. The zero-order valence-corrected chi connectivity index (χ0v) is 14.9. The van der Waals surface area contributed by atoms with Gasteiger partial charge in [-0.3, -0.25) is 14.5 Å². The van der Waals surface area contributed by atoms with Crippen molar-refractivity contribution in [2.75, 3.05) is 31.6 Å². The van der Waals surface area contributed by atoms with E-state index in [9.17, 15) is 9.90 Å². The topological polar surface area (TPSA) is 87.4 Å². The fourth-order valence-electron chi connectivity index (χ4n) is 3.25. The summed E-state index contributed by atoms with van der Waals surface area (Å²) in [4.78, 5) is 24.4. The number of likely N-dealkylation sites (N-methyl/N-ethyl adjacent to an activating group) is 1. The van der Waals surface area contributed by atoms with Gasteiger partial charge >= 0.3 is 0 Å². The van der Waals surface area contributed by atoms with Crippen molar-refractivity contribution in [2.45, 2.75) is 32.4 Å². The highest BCUT2D eigenvalue weighted by molar-refractivity contribution is 5.75. The first-order chi connectivity index (χ1) is 11.9. The predicted molar refractivity (Wildman–Crippen MR) is 93.1 cm³/mol. The van der Waals surface area contributed by atoms with Crippen LogP contribution >= 0.6 is 0 Å². The summed E-state index contributed by atoms with van der Waals surface area (Å²) < 4.78 is 1.69. The molecule has 3 rings (SSSR count). The lowest BCUT2D eigenvalue weighted by atomic mass is 10.0. The van der Waals surface area contributed by atoms with Gasteiger partial charge in [0.2, 0.25) is 5.91 Å². The summed E-state index contributed by atoms with van der Waals surface area (Å²) in [7, 11) is 1.72. The van der Waals surface area contributed by atoms with E-state index >= 15 is 0 Å². The van der Waals surface area contributed by atoms with Crippen LogP contribution in [-0.4, -0.2) is 67.9 Å². The molecule has 3 heterocycles. The highest BCUT2D eigenvalue weighted by Crippen LogP contribution is 2.25. The van der Waals surface area contributed by atoms with Crippen LogP contribution in [0.25, 0.3) is 0 Å². The van der Waals surface area contributed by atoms with Gasteiger partial charge in [-0.25, -0.2) is 4.98 Å². The number of aryl methyl sites for hydroxylation is 2. The number of hydrogen-bond donors (Lipinski definition) is 1. The van der Waals surface area contributed by atoms with E-state index in [1.807, 2.05) is 24.8 Å². The normalized spacial score (nSPS) is 20.1. The smallest absolute Gasteiger partial charge is 0.244 e. The highest BCUT2D eigenvalue weighted by Gasteiger charge is 2.38. The van der Waals surface area contributed by atoms with Crippen LogP contribution in [0.15, 0.2) is 24.7 Å². The fourth-order valence-corrected chi connectivity index (χ4v) is 3.25. The van der Waals surface area contributed by atoms with E-state index in [4.69, 9.17) is 0 Å². The lowest BCUT2D eigenvalue weighted by Crippen LogP contribution is -2.46. The Morgan fingerprint density at radius 2 is 2.20 bits per heavy atom. The molecule has 0 saturated carbocycles. The molecule has 1 atom stereocenters. The molecule has 1 amide bonds. The first kappa shape index (κ1) is 17.3. The molecule has 1 aliphatic rings.